The Balaban J connectivity index is 2.57. The van der Waals surface area contributed by atoms with Crippen LogP contribution in [0.2, 0.25) is 0 Å². The fourth-order valence-corrected chi connectivity index (χ4v) is 1.22. The van der Waals surface area contributed by atoms with Gasteiger partial charge < -0.3 is 10.6 Å². The lowest BCUT2D eigenvalue weighted by Crippen LogP contribution is -2.15. The van der Waals surface area contributed by atoms with Crippen LogP contribution in [0.5, 0.6) is 0 Å². The maximum atomic E-state index is 5.55. The van der Waals surface area contributed by atoms with Crippen LogP contribution in [0.1, 0.15) is 11.4 Å². The highest BCUT2D eigenvalue weighted by atomic mass is 15.3. The van der Waals surface area contributed by atoms with E-state index in [1.54, 1.807) is 0 Å². The van der Waals surface area contributed by atoms with Crippen LogP contribution in [-0.4, -0.2) is 35.3 Å². The van der Waals surface area contributed by atoms with Crippen LogP contribution in [0.4, 0.5) is 0 Å². The average molecular weight is 182 g/mol. The second-order valence-corrected chi connectivity index (χ2v) is 3.51. The molecule has 0 saturated heterocycles. The predicted octanol–water partition coefficient (Wildman–Crippen LogP) is -0.0171. The Morgan fingerprint density at radius 1 is 1.54 bits per heavy atom. The maximum absolute atomic E-state index is 5.55. The Labute approximate surface area is 79.3 Å². The molecule has 0 bridgehead atoms. The number of aryl methyl sites for hydroxylation is 1. The molecule has 0 aromatic carbocycles. The molecule has 0 radical (unpaired) electrons. The number of rotatable bonds is 4. The van der Waals surface area contributed by atoms with Gasteiger partial charge in [0.05, 0.1) is 11.4 Å². The largest absolute Gasteiger partial charge is 0.325 e. The summed E-state index contributed by atoms with van der Waals surface area (Å²) in [5.74, 6) is 0. The molecule has 0 aliphatic carbocycles. The minimum Gasteiger partial charge on any atom is -0.325 e. The van der Waals surface area contributed by atoms with Gasteiger partial charge in [-0.25, -0.2) is 0 Å². The summed E-state index contributed by atoms with van der Waals surface area (Å²) in [6, 6.07) is 2.07. The van der Waals surface area contributed by atoms with Gasteiger partial charge in [0, 0.05) is 26.6 Å². The lowest BCUT2D eigenvalue weighted by Gasteiger charge is -2.06. The van der Waals surface area contributed by atoms with Crippen LogP contribution in [-0.2, 0) is 20.0 Å². The molecule has 13 heavy (non-hydrogen) atoms. The molecule has 1 aromatic rings. The van der Waals surface area contributed by atoms with Gasteiger partial charge in [0.1, 0.15) is 0 Å². The topological polar surface area (TPSA) is 47.1 Å². The van der Waals surface area contributed by atoms with Crippen molar-refractivity contribution in [1.82, 2.24) is 14.7 Å². The van der Waals surface area contributed by atoms with Gasteiger partial charge in [-0.3, -0.25) is 4.68 Å². The molecule has 1 aromatic heterocycles. The summed E-state index contributed by atoms with van der Waals surface area (Å²) in [5.41, 5.74) is 7.76. The van der Waals surface area contributed by atoms with E-state index in [0.717, 1.165) is 24.4 Å². The highest BCUT2D eigenvalue weighted by molar-refractivity contribution is 5.10. The van der Waals surface area contributed by atoms with Crippen LogP contribution in [0, 0.1) is 0 Å². The van der Waals surface area contributed by atoms with Crippen LogP contribution >= 0.6 is 0 Å². The zero-order valence-electron chi connectivity index (χ0n) is 8.62. The Bertz CT molecular complexity index is 265. The molecule has 1 heterocycles. The first-order valence-electron chi connectivity index (χ1n) is 4.50. The first-order valence-corrected chi connectivity index (χ1v) is 4.50. The van der Waals surface area contributed by atoms with Gasteiger partial charge >= 0.3 is 0 Å². The van der Waals surface area contributed by atoms with E-state index < -0.39 is 0 Å². The fourth-order valence-electron chi connectivity index (χ4n) is 1.22. The van der Waals surface area contributed by atoms with E-state index in [-0.39, 0.29) is 0 Å². The second kappa shape index (κ2) is 4.39. The van der Waals surface area contributed by atoms with Crippen molar-refractivity contribution in [3.05, 3.63) is 17.5 Å². The molecule has 0 amide bonds. The number of nitrogens with zero attached hydrogens (tertiary/aromatic N) is 3. The smallest absolute Gasteiger partial charge is 0.0640 e. The fraction of sp³-hybridized carbons (Fsp3) is 0.667. The summed E-state index contributed by atoms with van der Waals surface area (Å²) in [6.07, 6.45) is 0.987. The number of likely N-dealkylation sites (N-methyl/N-ethyl adjacent to an activating group) is 1. The SMILES string of the molecule is CN(C)CCc1cc(CN)n(C)n1. The molecule has 74 valence electrons. The molecular weight excluding hydrogens is 164 g/mol. The lowest BCUT2D eigenvalue weighted by molar-refractivity contribution is 0.411. The van der Waals surface area contributed by atoms with E-state index in [1.807, 2.05) is 11.7 Å². The summed E-state index contributed by atoms with van der Waals surface area (Å²) in [7, 11) is 6.06. The monoisotopic (exact) mass is 182 g/mol. The number of nitrogens with two attached hydrogens (primary N) is 1. The summed E-state index contributed by atoms with van der Waals surface area (Å²) in [6.45, 7) is 1.59. The van der Waals surface area contributed by atoms with Gasteiger partial charge in [0.25, 0.3) is 0 Å². The third-order valence-electron chi connectivity index (χ3n) is 2.05. The Hall–Kier alpha value is -0.870. The van der Waals surface area contributed by atoms with E-state index in [9.17, 15) is 0 Å². The lowest BCUT2D eigenvalue weighted by atomic mass is 10.3. The molecule has 4 heteroatoms. The van der Waals surface area contributed by atoms with Crippen molar-refractivity contribution in [2.75, 3.05) is 20.6 Å². The first kappa shape index (κ1) is 10.2. The second-order valence-electron chi connectivity index (χ2n) is 3.51. The molecule has 0 spiro atoms. The van der Waals surface area contributed by atoms with Crippen LogP contribution in [0.15, 0.2) is 6.07 Å². The average Bonchev–Trinajstić information content (AvgIpc) is 2.43. The van der Waals surface area contributed by atoms with E-state index in [4.69, 9.17) is 5.73 Å². The van der Waals surface area contributed by atoms with E-state index in [2.05, 4.69) is 30.2 Å². The number of hydrogen-bond acceptors (Lipinski definition) is 3. The summed E-state index contributed by atoms with van der Waals surface area (Å²) in [4.78, 5) is 2.15. The molecule has 4 nitrogen and oxygen atoms in total. The minimum atomic E-state index is 0.561. The molecule has 0 fully saturated rings. The Morgan fingerprint density at radius 3 is 2.69 bits per heavy atom. The Kier molecular flexibility index (Phi) is 3.45. The van der Waals surface area contributed by atoms with Crippen molar-refractivity contribution in [3.63, 3.8) is 0 Å². The highest BCUT2D eigenvalue weighted by Gasteiger charge is 2.03. The summed E-state index contributed by atoms with van der Waals surface area (Å²) in [5, 5.41) is 4.36. The molecule has 0 unspecified atom stereocenters. The molecule has 0 aliphatic heterocycles. The van der Waals surface area contributed by atoms with Crippen molar-refractivity contribution >= 4 is 0 Å². The van der Waals surface area contributed by atoms with Crippen LogP contribution in [0.25, 0.3) is 0 Å². The standard InChI is InChI=1S/C9H18N4/c1-12(2)5-4-8-6-9(7-10)13(3)11-8/h6H,4-5,7,10H2,1-3H3. The molecule has 2 N–H and O–H groups in total. The van der Waals surface area contributed by atoms with Crippen molar-refractivity contribution in [1.29, 1.82) is 0 Å². The van der Waals surface area contributed by atoms with Crippen molar-refractivity contribution in [2.45, 2.75) is 13.0 Å². The van der Waals surface area contributed by atoms with E-state index in [0.29, 0.717) is 6.54 Å². The minimum absolute atomic E-state index is 0.561. The van der Waals surface area contributed by atoms with Gasteiger partial charge in [-0.05, 0) is 20.2 Å². The maximum Gasteiger partial charge on any atom is 0.0640 e. The van der Waals surface area contributed by atoms with Gasteiger partial charge in [0.2, 0.25) is 0 Å². The zero-order valence-corrected chi connectivity index (χ0v) is 8.62. The third-order valence-corrected chi connectivity index (χ3v) is 2.05. The van der Waals surface area contributed by atoms with Gasteiger partial charge in [0.15, 0.2) is 0 Å². The highest BCUT2D eigenvalue weighted by Crippen LogP contribution is 2.02. The summed E-state index contributed by atoms with van der Waals surface area (Å²) >= 11 is 0. The molecule has 0 saturated carbocycles. The van der Waals surface area contributed by atoms with Gasteiger partial charge in [-0.2, -0.15) is 5.10 Å². The molecule has 0 aliphatic rings. The van der Waals surface area contributed by atoms with E-state index in [1.165, 1.54) is 0 Å². The van der Waals surface area contributed by atoms with E-state index >= 15 is 0 Å². The van der Waals surface area contributed by atoms with Gasteiger partial charge in [-0.1, -0.05) is 0 Å². The number of hydrogen-bond donors (Lipinski definition) is 1. The normalized spacial score (nSPS) is 11.2. The molecule has 0 atom stereocenters. The molecule has 1 rings (SSSR count). The zero-order chi connectivity index (χ0) is 9.84. The van der Waals surface area contributed by atoms with Crippen LogP contribution < -0.4 is 5.73 Å². The predicted molar refractivity (Wildman–Crippen MR) is 53.4 cm³/mol. The molecular formula is C9H18N4. The third kappa shape index (κ3) is 2.82. The quantitative estimate of drug-likeness (QED) is 0.712. The van der Waals surface area contributed by atoms with Crippen molar-refractivity contribution in [2.24, 2.45) is 12.8 Å². The van der Waals surface area contributed by atoms with Crippen molar-refractivity contribution < 1.29 is 0 Å². The van der Waals surface area contributed by atoms with Crippen LogP contribution in [0.3, 0.4) is 0 Å². The summed E-state index contributed by atoms with van der Waals surface area (Å²) < 4.78 is 1.85. The van der Waals surface area contributed by atoms with Crippen molar-refractivity contribution in [3.8, 4) is 0 Å². The van der Waals surface area contributed by atoms with Gasteiger partial charge in [-0.15, -0.1) is 0 Å². The first-order chi connectivity index (χ1) is 6.13. The number of aromatic nitrogens is 2. The Morgan fingerprint density at radius 2 is 2.23 bits per heavy atom.